The zero-order chi connectivity index (χ0) is 12.4. The summed E-state index contributed by atoms with van der Waals surface area (Å²) in [5.41, 5.74) is 2.51. The number of allylic oxidation sites excluding steroid dienone is 1. The lowest BCUT2D eigenvalue weighted by Gasteiger charge is -1.96. The van der Waals surface area contributed by atoms with Crippen LogP contribution in [0.5, 0.6) is 0 Å². The third kappa shape index (κ3) is 2.13. The second-order valence-electron chi connectivity index (χ2n) is 4.16. The van der Waals surface area contributed by atoms with Gasteiger partial charge in [0.05, 0.1) is 17.6 Å². The summed E-state index contributed by atoms with van der Waals surface area (Å²) in [6.07, 6.45) is 0.336. The van der Waals surface area contributed by atoms with Gasteiger partial charge in [0.25, 0.3) is 0 Å². The number of ketones is 1. The van der Waals surface area contributed by atoms with Gasteiger partial charge in [-0.15, -0.1) is 0 Å². The minimum Gasteiger partial charge on any atom is -0.294 e. The topological polar surface area (TPSA) is 34.9 Å². The van der Waals surface area contributed by atoms with Crippen LogP contribution in [0.3, 0.4) is 0 Å². The Balaban J connectivity index is 2.47. The molecule has 0 atom stereocenters. The number of aryl methyl sites for hydroxylation is 1. The van der Waals surface area contributed by atoms with Crippen molar-refractivity contribution in [1.82, 2.24) is 9.78 Å². The monoisotopic (exact) mass is 228 g/mol. The molecule has 0 amide bonds. The zero-order valence-corrected chi connectivity index (χ0v) is 10.2. The number of benzene rings is 1. The SMILES string of the molecule is C=C(C)C(=O)Cc1nn(CC)c2ccccc12. The van der Waals surface area contributed by atoms with Crippen LogP contribution in [0.25, 0.3) is 10.9 Å². The number of hydrogen-bond acceptors (Lipinski definition) is 2. The van der Waals surface area contributed by atoms with Crippen LogP contribution in [-0.2, 0) is 17.8 Å². The van der Waals surface area contributed by atoms with Crippen LogP contribution in [0.4, 0.5) is 0 Å². The normalized spacial score (nSPS) is 10.7. The van der Waals surface area contributed by atoms with Crippen molar-refractivity contribution in [2.45, 2.75) is 26.8 Å². The molecule has 1 aromatic carbocycles. The van der Waals surface area contributed by atoms with Crippen LogP contribution in [-0.4, -0.2) is 15.6 Å². The summed E-state index contributed by atoms with van der Waals surface area (Å²) in [5.74, 6) is 0.0523. The summed E-state index contributed by atoms with van der Waals surface area (Å²) >= 11 is 0. The average Bonchev–Trinajstić information content (AvgIpc) is 2.68. The van der Waals surface area contributed by atoms with E-state index in [2.05, 4.69) is 11.7 Å². The molecule has 17 heavy (non-hydrogen) atoms. The number of aromatic nitrogens is 2. The van der Waals surface area contributed by atoms with Gasteiger partial charge in [-0.3, -0.25) is 9.48 Å². The molecule has 0 N–H and O–H groups in total. The van der Waals surface area contributed by atoms with Gasteiger partial charge in [-0.1, -0.05) is 24.8 Å². The van der Waals surface area contributed by atoms with Crippen LogP contribution in [0.1, 0.15) is 19.5 Å². The quantitative estimate of drug-likeness (QED) is 0.754. The summed E-state index contributed by atoms with van der Waals surface area (Å²) in [6.45, 7) is 8.26. The van der Waals surface area contributed by atoms with Gasteiger partial charge in [0.2, 0.25) is 0 Å². The molecule has 0 bridgehead atoms. The number of hydrogen-bond donors (Lipinski definition) is 0. The van der Waals surface area contributed by atoms with Crippen molar-refractivity contribution < 1.29 is 4.79 Å². The Kier molecular flexibility index (Phi) is 3.09. The molecular weight excluding hydrogens is 212 g/mol. The maximum atomic E-state index is 11.7. The minimum absolute atomic E-state index is 0.0523. The molecule has 0 aliphatic carbocycles. The molecule has 1 aromatic heterocycles. The van der Waals surface area contributed by atoms with E-state index in [9.17, 15) is 4.79 Å². The molecule has 2 aromatic rings. The van der Waals surface area contributed by atoms with Gasteiger partial charge in [-0.05, 0) is 25.5 Å². The molecule has 1 heterocycles. The molecule has 0 aliphatic heterocycles. The van der Waals surface area contributed by atoms with Crippen LogP contribution >= 0.6 is 0 Å². The first kappa shape index (κ1) is 11.6. The second-order valence-corrected chi connectivity index (χ2v) is 4.16. The van der Waals surface area contributed by atoms with Crippen molar-refractivity contribution in [1.29, 1.82) is 0 Å². The fourth-order valence-electron chi connectivity index (χ4n) is 1.87. The molecule has 0 saturated carbocycles. The Hall–Kier alpha value is -1.90. The summed E-state index contributed by atoms with van der Waals surface area (Å²) in [5, 5.41) is 5.54. The van der Waals surface area contributed by atoms with Gasteiger partial charge in [0, 0.05) is 11.9 Å². The number of rotatable bonds is 4. The van der Waals surface area contributed by atoms with E-state index in [1.54, 1.807) is 6.92 Å². The fraction of sp³-hybridized carbons (Fsp3) is 0.286. The van der Waals surface area contributed by atoms with E-state index in [-0.39, 0.29) is 5.78 Å². The van der Waals surface area contributed by atoms with Crippen LogP contribution in [0.2, 0.25) is 0 Å². The molecule has 0 radical (unpaired) electrons. The van der Waals surface area contributed by atoms with Crippen LogP contribution in [0.15, 0.2) is 36.4 Å². The highest BCUT2D eigenvalue weighted by Gasteiger charge is 2.12. The van der Waals surface area contributed by atoms with Gasteiger partial charge in [-0.25, -0.2) is 0 Å². The van der Waals surface area contributed by atoms with Crippen molar-refractivity contribution in [3.05, 3.63) is 42.1 Å². The standard InChI is InChI=1S/C14H16N2O/c1-4-16-13-8-6-5-7-11(13)12(15-16)9-14(17)10(2)3/h5-8H,2,4,9H2,1,3H3. The molecule has 2 rings (SSSR count). The van der Waals surface area contributed by atoms with Crippen molar-refractivity contribution >= 4 is 16.7 Å². The van der Waals surface area contributed by atoms with E-state index in [0.29, 0.717) is 12.0 Å². The van der Waals surface area contributed by atoms with Crippen LogP contribution < -0.4 is 0 Å². The molecular formula is C14H16N2O. The zero-order valence-electron chi connectivity index (χ0n) is 10.2. The molecule has 88 valence electrons. The highest BCUT2D eigenvalue weighted by Crippen LogP contribution is 2.19. The van der Waals surface area contributed by atoms with Crippen molar-refractivity contribution in [3.8, 4) is 0 Å². The molecule has 3 heteroatoms. The first-order valence-electron chi connectivity index (χ1n) is 5.76. The third-order valence-electron chi connectivity index (χ3n) is 2.84. The Morgan fingerprint density at radius 1 is 1.41 bits per heavy atom. The van der Waals surface area contributed by atoms with Gasteiger partial charge in [-0.2, -0.15) is 5.10 Å². The number of Topliss-reactive ketones (excluding diaryl/α,β-unsaturated/α-hetero) is 1. The summed E-state index contributed by atoms with van der Waals surface area (Å²) in [6, 6.07) is 8.00. The fourth-order valence-corrected chi connectivity index (χ4v) is 1.87. The molecule has 0 aliphatic rings. The maximum Gasteiger partial charge on any atom is 0.164 e. The van der Waals surface area contributed by atoms with E-state index in [4.69, 9.17) is 0 Å². The Morgan fingerprint density at radius 2 is 2.12 bits per heavy atom. The lowest BCUT2D eigenvalue weighted by Crippen LogP contribution is -2.05. The number of fused-ring (bicyclic) bond motifs is 1. The van der Waals surface area contributed by atoms with Crippen molar-refractivity contribution in [2.75, 3.05) is 0 Å². The highest BCUT2D eigenvalue weighted by molar-refractivity contribution is 5.97. The van der Waals surface area contributed by atoms with E-state index < -0.39 is 0 Å². The highest BCUT2D eigenvalue weighted by atomic mass is 16.1. The van der Waals surface area contributed by atoms with E-state index in [0.717, 1.165) is 23.1 Å². The number of nitrogens with zero attached hydrogens (tertiary/aromatic N) is 2. The van der Waals surface area contributed by atoms with Crippen molar-refractivity contribution in [2.24, 2.45) is 0 Å². The molecule has 3 nitrogen and oxygen atoms in total. The van der Waals surface area contributed by atoms with Gasteiger partial charge in [0.1, 0.15) is 0 Å². The van der Waals surface area contributed by atoms with E-state index in [1.807, 2.05) is 35.9 Å². The van der Waals surface area contributed by atoms with E-state index >= 15 is 0 Å². The Bertz CT molecular complexity index is 581. The van der Waals surface area contributed by atoms with E-state index in [1.165, 1.54) is 0 Å². The molecule has 0 unspecified atom stereocenters. The summed E-state index contributed by atoms with van der Waals surface area (Å²) in [4.78, 5) is 11.7. The van der Waals surface area contributed by atoms with Crippen molar-refractivity contribution in [3.63, 3.8) is 0 Å². The molecule has 0 spiro atoms. The second kappa shape index (κ2) is 4.53. The first-order valence-corrected chi connectivity index (χ1v) is 5.76. The molecule has 0 saturated heterocycles. The Morgan fingerprint density at radius 3 is 2.76 bits per heavy atom. The summed E-state index contributed by atoms with van der Waals surface area (Å²) in [7, 11) is 0. The lowest BCUT2D eigenvalue weighted by molar-refractivity contribution is -0.114. The predicted octanol–water partition coefficient (Wildman–Crippen LogP) is 2.74. The average molecular weight is 228 g/mol. The summed E-state index contributed by atoms with van der Waals surface area (Å²) < 4.78 is 1.93. The largest absolute Gasteiger partial charge is 0.294 e. The number of carbonyl (C=O) groups is 1. The predicted molar refractivity (Wildman–Crippen MR) is 68.9 cm³/mol. The minimum atomic E-state index is 0.0523. The number of para-hydroxylation sites is 1. The van der Waals surface area contributed by atoms with Crippen LogP contribution in [0, 0.1) is 0 Å². The van der Waals surface area contributed by atoms with Gasteiger partial charge in [0.15, 0.2) is 5.78 Å². The smallest absolute Gasteiger partial charge is 0.164 e. The molecule has 0 fully saturated rings. The Labute approximate surface area is 101 Å². The first-order chi connectivity index (χ1) is 8.13. The van der Waals surface area contributed by atoms with Gasteiger partial charge >= 0.3 is 0 Å². The third-order valence-corrected chi connectivity index (χ3v) is 2.84. The number of carbonyl (C=O) groups excluding carboxylic acids is 1. The van der Waals surface area contributed by atoms with Gasteiger partial charge < -0.3 is 0 Å². The lowest BCUT2D eigenvalue weighted by atomic mass is 10.1. The maximum absolute atomic E-state index is 11.7.